The molecule has 0 spiro atoms. The fraction of sp³-hybridized carbons (Fsp3) is 0.519. The minimum atomic E-state index is 0.228. The molecule has 0 amide bonds. The lowest BCUT2D eigenvalue weighted by molar-refractivity contribution is 0.113. The number of piperidine rings is 1. The topological polar surface area (TPSA) is 72.9 Å². The van der Waals surface area contributed by atoms with E-state index in [9.17, 15) is 5.11 Å². The molecule has 0 unspecified atom stereocenters. The average Bonchev–Trinajstić information content (AvgIpc) is 3.03. The Morgan fingerprint density at radius 1 is 1.12 bits per heavy atom. The van der Waals surface area contributed by atoms with E-state index < -0.39 is 0 Å². The molecule has 2 fully saturated rings. The number of ether oxygens (including phenoxy) is 1. The predicted molar refractivity (Wildman–Crippen MR) is 135 cm³/mol. The number of anilines is 3. The molecule has 34 heavy (non-hydrogen) atoms. The number of benzene rings is 1. The Bertz CT molecular complexity index is 1060. The van der Waals surface area contributed by atoms with Crippen LogP contribution in [-0.2, 0) is 6.61 Å². The van der Waals surface area contributed by atoms with Gasteiger partial charge in [-0.2, -0.15) is 0 Å². The molecule has 7 nitrogen and oxygen atoms in total. The van der Waals surface area contributed by atoms with Crippen molar-refractivity contribution in [1.29, 1.82) is 0 Å². The molecule has 1 aromatic carbocycles. The van der Waals surface area contributed by atoms with Crippen LogP contribution in [0.5, 0.6) is 5.75 Å². The van der Waals surface area contributed by atoms with Gasteiger partial charge in [-0.25, -0.2) is 4.98 Å². The van der Waals surface area contributed by atoms with Gasteiger partial charge in [0, 0.05) is 50.7 Å². The highest BCUT2D eigenvalue weighted by molar-refractivity contribution is 5.73. The van der Waals surface area contributed by atoms with Crippen molar-refractivity contribution in [3.63, 3.8) is 0 Å². The number of aliphatic hydroxyl groups is 1. The normalized spacial score (nSPS) is 21.4. The summed E-state index contributed by atoms with van der Waals surface area (Å²) in [5, 5.41) is 16.2. The Morgan fingerprint density at radius 2 is 2.00 bits per heavy atom. The van der Waals surface area contributed by atoms with E-state index in [0.717, 1.165) is 67.9 Å². The Morgan fingerprint density at radius 3 is 2.74 bits per heavy atom. The average molecular weight is 462 g/mol. The Kier molecular flexibility index (Phi) is 6.16. The first-order valence-corrected chi connectivity index (χ1v) is 12.8. The van der Waals surface area contributed by atoms with Gasteiger partial charge in [-0.05, 0) is 68.5 Å². The zero-order chi connectivity index (χ0) is 22.9. The summed E-state index contributed by atoms with van der Waals surface area (Å²) < 4.78 is 6.29. The van der Waals surface area contributed by atoms with Gasteiger partial charge in [-0.3, -0.25) is 4.90 Å². The maximum absolute atomic E-state index is 9.23. The number of hydrogen-bond donors (Lipinski definition) is 3. The summed E-state index contributed by atoms with van der Waals surface area (Å²) >= 11 is 0. The number of hydrogen-bond acceptors (Lipinski definition) is 7. The van der Waals surface area contributed by atoms with Crippen LogP contribution < -0.4 is 20.3 Å². The van der Waals surface area contributed by atoms with E-state index in [1.54, 1.807) is 0 Å². The molecule has 0 atom stereocenters. The molecule has 7 heteroatoms. The van der Waals surface area contributed by atoms with Gasteiger partial charge in [0.25, 0.3) is 0 Å². The molecule has 0 aliphatic carbocycles. The predicted octanol–water partition coefficient (Wildman–Crippen LogP) is 3.39. The van der Waals surface area contributed by atoms with Gasteiger partial charge in [-0.15, -0.1) is 0 Å². The van der Waals surface area contributed by atoms with Crippen LogP contribution in [0.3, 0.4) is 0 Å². The second-order valence-electron chi connectivity index (χ2n) is 9.98. The van der Waals surface area contributed by atoms with E-state index in [-0.39, 0.29) is 6.61 Å². The van der Waals surface area contributed by atoms with Crippen LogP contribution >= 0.6 is 0 Å². The molecule has 3 N–H and O–H groups in total. The fourth-order valence-corrected chi connectivity index (χ4v) is 5.76. The van der Waals surface area contributed by atoms with Crippen molar-refractivity contribution < 1.29 is 9.84 Å². The number of pyridine rings is 1. The van der Waals surface area contributed by atoms with Crippen molar-refractivity contribution in [3.8, 4) is 5.75 Å². The highest BCUT2D eigenvalue weighted by Crippen LogP contribution is 2.40. The quantitative estimate of drug-likeness (QED) is 0.590. The molecule has 180 valence electrons. The largest absolute Gasteiger partial charge is 0.487 e. The molecule has 6 rings (SSSR count). The zero-order valence-electron chi connectivity index (χ0n) is 19.8. The smallest absolute Gasteiger partial charge is 0.143 e. The van der Waals surface area contributed by atoms with Crippen LogP contribution in [0.15, 0.2) is 42.1 Å². The highest BCUT2D eigenvalue weighted by Gasteiger charge is 2.30. The number of rotatable bonds is 5. The molecular weight excluding hydrogens is 426 g/mol. The molecule has 2 aromatic rings. The number of nitrogens with one attached hydrogen (secondary N) is 2. The van der Waals surface area contributed by atoms with E-state index in [4.69, 9.17) is 4.74 Å². The minimum absolute atomic E-state index is 0.228. The number of aliphatic hydroxyl groups excluding tert-OH is 1. The second-order valence-corrected chi connectivity index (χ2v) is 9.98. The van der Waals surface area contributed by atoms with Gasteiger partial charge in [-0.1, -0.05) is 17.7 Å². The first-order chi connectivity index (χ1) is 16.8. The summed E-state index contributed by atoms with van der Waals surface area (Å²) in [6.07, 6.45) is 8.36. The van der Waals surface area contributed by atoms with Crippen molar-refractivity contribution in [2.75, 3.05) is 56.1 Å². The number of fused-ring (bicyclic) bond motifs is 2. The molecule has 0 bridgehead atoms. The monoisotopic (exact) mass is 461 g/mol. The number of likely N-dealkylation sites (tertiary alicyclic amines) is 1. The van der Waals surface area contributed by atoms with Gasteiger partial charge in [0.05, 0.1) is 11.3 Å². The minimum Gasteiger partial charge on any atom is -0.487 e. The molecule has 5 heterocycles. The first kappa shape index (κ1) is 21.9. The van der Waals surface area contributed by atoms with Crippen LogP contribution in [0.25, 0.3) is 0 Å². The molecule has 0 radical (unpaired) electrons. The third-order valence-corrected chi connectivity index (χ3v) is 8.01. The van der Waals surface area contributed by atoms with E-state index in [1.807, 2.05) is 6.20 Å². The Labute approximate surface area is 201 Å². The Hall–Kier alpha value is -2.61. The molecule has 4 aliphatic heterocycles. The summed E-state index contributed by atoms with van der Waals surface area (Å²) in [5.74, 6) is 2.40. The standard InChI is InChI=1S/C27H35N5O2/c33-14-8-19-4-10-32(11-5-19)25-3-9-29-27-23(25)18-34-26-2-1-21(15-24(26)30-27)20-6-12-31(13-7-20)22-16-28-17-22/h1-4,9,15,20,22,28,33H,5-8,10-14,16-18H2,(H,29,30). The molecule has 0 saturated carbocycles. The van der Waals surface area contributed by atoms with Crippen LogP contribution in [-0.4, -0.2) is 66.9 Å². The molecule has 1 aromatic heterocycles. The van der Waals surface area contributed by atoms with Gasteiger partial charge < -0.3 is 25.4 Å². The maximum Gasteiger partial charge on any atom is 0.143 e. The van der Waals surface area contributed by atoms with Gasteiger partial charge >= 0.3 is 0 Å². The fourth-order valence-electron chi connectivity index (χ4n) is 5.76. The van der Waals surface area contributed by atoms with Gasteiger partial charge in [0.1, 0.15) is 18.2 Å². The summed E-state index contributed by atoms with van der Waals surface area (Å²) in [4.78, 5) is 9.73. The van der Waals surface area contributed by atoms with Crippen LogP contribution in [0.1, 0.15) is 42.7 Å². The summed E-state index contributed by atoms with van der Waals surface area (Å²) in [5.41, 5.74) is 6.07. The highest BCUT2D eigenvalue weighted by atomic mass is 16.5. The van der Waals surface area contributed by atoms with Crippen molar-refractivity contribution in [2.24, 2.45) is 0 Å². The van der Waals surface area contributed by atoms with Crippen molar-refractivity contribution in [2.45, 2.75) is 44.2 Å². The third kappa shape index (κ3) is 4.28. The van der Waals surface area contributed by atoms with Gasteiger partial charge in [0.2, 0.25) is 0 Å². The Balaban J connectivity index is 1.19. The van der Waals surface area contributed by atoms with Gasteiger partial charge in [0.15, 0.2) is 0 Å². The number of nitrogens with zero attached hydrogens (tertiary/aromatic N) is 3. The lowest BCUT2D eigenvalue weighted by Crippen LogP contribution is -2.58. The maximum atomic E-state index is 9.23. The number of aromatic nitrogens is 1. The molecular formula is C27H35N5O2. The van der Waals surface area contributed by atoms with Crippen LogP contribution in [0.2, 0.25) is 0 Å². The van der Waals surface area contributed by atoms with E-state index >= 15 is 0 Å². The first-order valence-electron chi connectivity index (χ1n) is 12.8. The lowest BCUT2D eigenvalue weighted by atomic mass is 9.88. The van der Waals surface area contributed by atoms with E-state index in [0.29, 0.717) is 12.5 Å². The van der Waals surface area contributed by atoms with Crippen LogP contribution in [0, 0.1) is 0 Å². The van der Waals surface area contributed by atoms with E-state index in [2.05, 4.69) is 55.8 Å². The summed E-state index contributed by atoms with van der Waals surface area (Å²) in [7, 11) is 0. The molecule has 2 saturated heterocycles. The summed E-state index contributed by atoms with van der Waals surface area (Å²) in [6.45, 7) is 7.23. The van der Waals surface area contributed by atoms with E-state index in [1.165, 1.54) is 42.8 Å². The van der Waals surface area contributed by atoms with Crippen LogP contribution in [0.4, 0.5) is 17.2 Å². The van der Waals surface area contributed by atoms with Crippen molar-refractivity contribution in [1.82, 2.24) is 15.2 Å². The van der Waals surface area contributed by atoms with Crippen molar-refractivity contribution >= 4 is 17.2 Å². The van der Waals surface area contributed by atoms with Crippen molar-refractivity contribution in [3.05, 3.63) is 53.2 Å². The zero-order valence-corrected chi connectivity index (χ0v) is 19.8. The molecule has 4 aliphatic rings. The third-order valence-electron chi connectivity index (χ3n) is 8.01. The second kappa shape index (κ2) is 9.56. The SMILES string of the molecule is OCCC1=CCN(c2ccnc3c2COc2ccc(C4CCN(C5CNC5)CC4)cc2N3)CC1. The summed E-state index contributed by atoms with van der Waals surface area (Å²) in [6, 6.07) is 9.53. The lowest BCUT2D eigenvalue weighted by Gasteiger charge is -2.42.